The standard InChI is InChI=1S/C16H28ClN3S/c1-5-12(18)15(13-6-7-14(17)21-13)19-8-10-20(11-9-19)16(2,3)4/h6-7,12,15H,5,8-11,18H2,1-4H3. The van der Waals surface area contributed by atoms with E-state index in [-0.39, 0.29) is 11.6 Å². The molecule has 5 heteroatoms. The van der Waals surface area contributed by atoms with Crippen LogP contribution >= 0.6 is 22.9 Å². The van der Waals surface area contributed by atoms with E-state index in [0.29, 0.717) is 6.04 Å². The number of thiophene rings is 1. The van der Waals surface area contributed by atoms with Gasteiger partial charge in [-0.2, -0.15) is 0 Å². The minimum absolute atomic E-state index is 0.168. The fourth-order valence-electron chi connectivity index (χ4n) is 3.04. The Labute approximate surface area is 138 Å². The summed E-state index contributed by atoms with van der Waals surface area (Å²) < 4.78 is 0.853. The first kappa shape index (κ1) is 17.2. The van der Waals surface area contributed by atoms with E-state index in [2.05, 4.69) is 43.6 Å². The molecule has 1 aliphatic heterocycles. The van der Waals surface area contributed by atoms with Crippen molar-refractivity contribution in [3.63, 3.8) is 0 Å². The summed E-state index contributed by atoms with van der Waals surface area (Å²) in [5, 5.41) is 0. The summed E-state index contributed by atoms with van der Waals surface area (Å²) in [6.45, 7) is 13.4. The van der Waals surface area contributed by atoms with Gasteiger partial charge in [-0.15, -0.1) is 11.3 Å². The van der Waals surface area contributed by atoms with Gasteiger partial charge in [-0.3, -0.25) is 9.80 Å². The molecule has 0 spiro atoms. The zero-order valence-corrected chi connectivity index (χ0v) is 15.2. The number of hydrogen-bond acceptors (Lipinski definition) is 4. The highest BCUT2D eigenvalue weighted by Gasteiger charge is 2.32. The molecule has 3 nitrogen and oxygen atoms in total. The van der Waals surface area contributed by atoms with Crippen molar-refractivity contribution in [1.29, 1.82) is 0 Å². The van der Waals surface area contributed by atoms with Crippen molar-refractivity contribution >= 4 is 22.9 Å². The molecule has 1 saturated heterocycles. The molecule has 0 amide bonds. The smallest absolute Gasteiger partial charge is 0.0931 e. The van der Waals surface area contributed by atoms with Gasteiger partial charge in [0.25, 0.3) is 0 Å². The molecule has 2 atom stereocenters. The maximum Gasteiger partial charge on any atom is 0.0931 e. The summed E-state index contributed by atoms with van der Waals surface area (Å²) >= 11 is 7.79. The van der Waals surface area contributed by atoms with Gasteiger partial charge >= 0.3 is 0 Å². The van der Waals surface area contributed by atoms with Crippen molar-refractivity contribution in [2.75, 3.05) is 26.2 Å². The SMILES string of the molecule is CCC(N)C(c1ccc(Cl)s1)N1CCN(C(C)(C)C)CC1. The Balaban J connectivity index is 2.09. The molecule has 2 rings (SSSR count). The number of piperazine rings is 1. The molecule has 120 valence electrons. The van der Waals surface area contributed by atoms with Crippen LogP contribution in [0.2, 0.25) is 4.34 Å². The van der Waals surface area contributed by atoms with Crippen molar-refractivity contribution in [3.8, 4) is 0 Å². The molecule has 2 heterocycles. The van der Waals surface area contributed by atoms with E-state index in [1.54, 1.807) is 11.3 Å². The second-order valence-electron chi connectivity index (χ2n) is 6.85. The van der Waals surface area contributed by atoms with Gasteiger partial charge in [0.2, 0.25) is 0 Å². The lowest BCUT2D eigenvalue weighted by atomic mass is 10.0. The van der Waals surface area contributed by atoms with Crippen LogP contribution in [-0.2, 0) is 0 Å². The lowest BCUT2D eigenvalue weighted by Crippen LogP contribution is -2.55. The maximum atomic E-state index is 6.42. The molecule has 2 unspecified atom stereocenters. The van der Waals surface area contributed by atoms with Gasteiger partial charge in [-0.1, -0.05) is 18.5 Å². The van der Waals surface area contributed by atoms with E-state index in [4.69, 9.17) is 17.3 Å². The van der Waals surface area contributed by atoms with Crippen molar-refractivity contribution in [2.45, 2.75) is 51.7 Å². The van der Waals surface area contributed by atoms with E-state index in [1.807, 2.05) is 6.07 Å². The van der Waals surface area contributed by atoms with Crippen LogP contribution < -0.4 is 5.73 Å². The van der Waals surface area contributed by atoms with Crippen LogP contribution in [0.4, 0.5) is 0 Å². The normalized spacial score (nSPS) is 21.4. The molecule has 1 aliphatic rings. The fourth-order valence-corrected chi connectivity index (χ4v) is 4.32. The zero-order chi connectivity index (χ0) is 15.6. The lowest BCUT2D eigenvalue weighted by molar-refractivity contribution is 0.0360. The van der Waals surface area contributed by atoms with Crippen LogP contribution in [0.1, 0.15) is 45.0 Å². The Hall–Kier alpha value is -0.130. The summed E-state index contributed by atoms with van der Waals surface area (Å²) in [7, 11) is 0. The maximum absolute atomic E-state index is 6.42. The number of rotatable bonds is 4. The molecular weight excluding hydrogens is 302 g/mol. The van der Waals surface area contributed by atoms with Gasteiger partial charge in [-0.05, 0) is 39.3 Å². The summed E-state index contributed by atoms with van der Waals surface area (Å²) in [5.74, 6) is 0. The third-order valence-corrected chi connectivity index (χ3v) is 5.72. The van der Waals surface area contributed by atoms with Crippen LogP contribution in [0.5, 0.6) is 0 Å². The van der Waals surface area contributed by atoms with Gasteiger partial charge in [0, 0.05) is 42.6 Å². The molecule has 0 aromatic carbocycles. The van der Waals surface area contributed by atoms with Crippen LogP contribution in [0.25, 0.3) is 0 Å². The molecule has 1 fully saturated rings. The number of nitrogens with zero attached hydrogens (tertiary/aromatic N) is 2. The Morgan fingerprint density at radius 2 is 1.86 bits per heavy atom. The van der Waals surface area contributed by atoms with Crippen molar-refractivity contribution in [3.05, 3.63) is 21.3 Å². The Morgan fingerprint density at radius 1 is 1.24 bits per heavy atom. The molecule has 0 aliphatic carbocycles. The molecular formula is C16H28ClN3S. The molecule has 0 radical (unpaired) electrons. The molecule has 1 aromatic rings. The van der Waals surface area contributed by atoms with Crippen LogP contribution in [0, 0.1) is 0 Å². The van der Waals surface area contributed by atoms with Gasteiger partial charge in [-0.25, -0.2) is 0 Å². The van der Waals surface area contributed by atoms with Gasteiger partial charge in [0.15, 0.2) is 0 Å². The highest BCUT2D eigenvalue weighted by Crippen LogP contribution is 2.34. The van der Waals surface area contributed by atoms with E-state index < -0.39 is 0 Å². The number of halogens is 1. The van der Waals surface area contributed by atoms with E-state index in [9.17, 15) is 0 Å². The average molecular weight is 330 g/mol. The average Bonchev–Trinajstić information content (AvgIpc) is 2.84. The predicted octanol–water partition coefficient (Wildman–Crippen LogP) is 3.60. The van der Waals surface area contributed by atoms with Crippen molar-refractivity contribution in [1.82, 2.24) is 9.80 Å². The molecule has 1 aromatic heterocycles. The van der Waals surface area contributed by atoms with Crippen molar-refractivity contribution in [2.24, 2.45) is 5.73 Å². The molecule has 0 bridgehead atoms. The predicted molar refractivity (Wildman–Crippen MR) is 93.2 cm³/mol. The monoisotopic (exact) mass is 329 g/mol. The first-order valence-corrected chi connectivity index (χ1v) is 9.02. The summed E-state index contributed by atoms with van der Waals surface area (Å²) in [4.78, 5) is 6.40. The van der Waals surface area contributed by atoms with Crippen LogP contribution in [0.15, 0.2) is 12.1 Å². The topological polar surface area (TPSA) is 32.5 Å². The van der Waals surface area contributed by atoms with Gasteiger partial charge in [0.1, 0.15) is 0 Å². The second kappa shape index (κ2) is 6.97. The third kappa shape index (κ3) is 4.20. The van der Waals surface area contributed by atoms with Gasteiger partial charge < -0.3 is 5.73 Å². The quantitative estimate of drug-likeness (QED) is 0.916. The highest BCUT2D eigenvalue weighted by atomic mass is 35.5. The van der Waals surface area contributed by atoms with E-state index in [0.717, 1.165) is 36.9 Å². The molecule has 2 N–H and O–H groups in total. The van der Waals surface area contributed by atoms with E-state index in [1.165, 1.54) is 4.88 Å². The second-order valence-corrected chi connectivity index (χ2v) is 8.60. The van der Waals surface area contributed by atoms with E-state index >= 15 is 0 Å². The zero-order valence-electron chi connectivity index (χ0n) is 13.6. The summed E-state index contributed by atoms with van der Waals surface area (Å²) in [5.41, 5.74) is 6.67. The molecule has 0 saturated carbocycles. The fraction of sp³-hybridized carbons (Fsp3) is 0.750. The first-order valence-electron chi connectivity index (χ1n) is 7.83. The Kier molecular flexibility index (Phi) is 5.71. The first-order chi connectivity index (χ1) is 9.82. The summed E-state index contributed by atoms with van der Waals surface area (Å²) in [6, 6.07) is 4.60. The molecule has 21 heavy (non-hydrogen) atoms. The van der Waals surface area contributed by atoms with Crippen LogP contribution in [0.3, 0.4) is 0 Å². The number of nitrogens with two attached hydrogens (primary N) is 1. The minimum Gasteiger partial charge on any atom is -0.326 e. The van der Waals surface area contributed by atoms with Crippen LogP contribution in [-0.4, -0.2) is 47.6 Å². The Bertz CT molecular complexity index is 447. The largest absolute Gasteiger partial charge is 0.326 e. The summed E-state index contributed by atoms with van der Waals surface area (Å²) in [6.07, 6.45) is 0.986. The minimum atomic E-state index is 0.168. The lowest BCUT2D eigenvalue weighted by Gasteiger charge is -2.45. The number of hydrogen-bond donors (Lipinski definition) is 1. The van der Waals surface area contributed by atoms with Crippen molar-refractivity contribution < 1.29 is 0 Å². The highest BCUT2D eigenvalue weighted by molar-refractivity contribution is 7.16. The Morgan fingerprint density at radius 3 is 2.29 bits per heavy atom. The third-order valence-electron chi connectivity index (χ3n) is 4.42. The van der Waals surface area contributed by atoms with Gasteiger partial charge in [0.05, 0.1) is 10.4 Å².